The van der Waals surface area contributed by atoms with Crippen molar-refractivity contribution in [2.75, 3.05) is 0 Å². The van der Waals surface area contributed by atoms with Gasteiger partial charge in [-0.2, -0.15) is 5.10 Å². The van der Waals surface area contributed by atoms with Gasteiger partial charge in [-0.05, 0) is 31.7 Å². The zero-order chi connectivity index (χ0) is 13.7. The Kier molecular flexibility index (Phi) is 2.39. The molecule has 0 aromatic carbocycles. The molecule has 2 heterocycles. The molecule has 0 radical (unpaired) electrons. The molecule has 4 rings (SSSR count). The summed E-state index contributed by atoms with van der Waals surface area (Å²) in [5.41, 5.74) is 1.11. The van der Waals surface area contributed by atoms with E-state index >= 15 is 0 Å². The third-order valence-corrected chi connectivity index (χ3v) is 3.73. The van der Waals surface area contributed by atoms with Crippen LogP contribution in [0.3, 0.4) is 0 Å². The molecule has 6 nitrogen and oxygen atoms in total. The maximum Gasteiger partial charge on any atom is 0.356 e. The van der Waals surface area contributed by atoms with Gasteiger partial charge in [0.15, 0.2) is 11.5 Å². The molecule has 0 unspecified atom stereocenters. The first-order valence-corrected chi connectivity index (χ1v) is 6.89. The Morgan fingerprint density at radius 1 is 1.20 bits per heavy atom. The Balaban J connectivity index is 1.76. The predicted molar refractivity (Wildman–Crippen MR) is 70.1 cm³/mol. The van der Waals surface area contributed by atoms with Crippen LogP contribution in [0.1, 0.15) is 59.5 Å². The van der Waals surface area contributed by atoms with E-state index in [4.69, 9.17) is 5.11 Å². The number of carbonyl (C=O) groups is 1. The maximum atomic E-state index is 10.9. The largest absolute Gasteiger partial charge is 0.476 e. The third-order valence-electron chi connectivity index (χ3n) is 3.73. The Bertz CT molecular complexity index is 656. The molecule has 2 aliphatic carbocycles. The van der Waals surface area contributed by atoms with Crippen molar-refractivity contribution < 1.29 is 9.90 Å². The van der Waals surface area contributed by atoms with Crippen molar-refractivity contribution in [3.05, 3.63) is 35.5 Å². The maximum absolute atomic E-state index is 10.9. The van der Waals surface area contributed by atoms with Gasteiger partial charge in [0.25, 0.3) is 0 Å². The van der Waals surface area contributed by atoms with Crippen LogP contribution < -0.4 is 0 Å². The highest BCUT2D eigenvalue weighted by Gasteiger charge is 2.31. The number of aromatic carboxylic acids is 1. The normalized spacial score (nSPS) is 18.2. The Morgan fingerprint density at radius 3 is 2.55 bits per heavy atom. The Labute approximate surface area is 115 Å². The quantitative estimate of drug-likeness (QED) is 0.920. The summed E-state index contributed by atoms with van der Waals surface area (Å²) in [4.78, 5) is 20.1. The Morgan fingerprint density at radius 2 is 1.95 bits per heavy atom. The van der Waals surface area contributed by atoms with Gasteiger partial charge in [-0.15, -0.1) is 0 Å². The third kappa shape index (κ3) is 2.07. The van der Waals surface area contributed by atoms with E-state index in [0.29, 0.717) is 17.7 Å². The molecule has 6 heteroatoms. The molecule has 102 valence electrons. The summed E-state index contributed by atoms with van der Waals surface area (Å²) in [6.45, 7) is 0. The molecule has 2 aromatic heterocycles. The molecular formula is C14H14N4O2. The first kappa shape index (κ1) is 11.6. The molecule has 20 heavy (non-hydrogen) atoms. The van der Waals surface area contributed by atoms with E-state index in [-0.39, 0.29) is 5.69 Å². The van der Waals surface area contributed by atoms with E-state index in [1.165, 1.54) is 23.6 Å². The minimum Gasteiger partial charge on any atom is -0.476 e. The van der Waals surface area contributed by atoms with Crippen LogP contribution in [0.25, 0.3) is 5.82 Å². The van der Waals surface area contributed by atoms with Crippen molar-refractivity contribution in [2.45, 2.75) is 37.5 Å². The second-order valence-electron chi connectivity index (χ2n) is 5.51. The average molecular weight is 270 g/mol. The standard InChI is InChI=1S/C14H14N4O2/c19-14(20)10-5-6-18(17-10)12-7-11(8-1-2-8)15-13(16-12)9-3-4-9/h5-9H,1-4H2,(H,19,20). The second kappa shape index (κ2) is 4.13. The summed E-state index contributed by atoms with van der Waals surface area (Å²) < 4.78 is 1.53. The lowest BCUT2D eigenvalue weighted by molar-refractivity contribution is 0.0690. The minimum atomic E-state index is -1.03. The fourth-order valence-electron chi connectivity index (χ4n) is 2.27. The van der Waals surface area contributed by atoms with Crippen LogP contribution in [0.5, 0.6) is 0 Å². The molecule has 0 atom stereocenters. The van der Waals surface area contributed by atoms with Crippen molar-refractivity contribution in [2.24, 2.45) is 0 Å². The molecule has 0 saturated heterocycles. The van der Waals surface area contributed by atoms with E-state index < -0.39 is 5.97 Å². The number of hydrogen-bond donors (Lipinski definition) is 1. The molecule has 0 spiro atoms. The smallest absolute Gasteiger partial charge is 0.356 e. The van der Waals surface area contributed by atoms with Gasteiger partial charge in [0.1, 0.15) is 5.82 Å². The second-order valence-corrected chi connectivity index (χ2v) is 5.51. The van der Waals surface area contributed by atoms with Gasteiger partial charge < -0.3 is 5.11 Å². The van der Waals surface area contributed by atoms with Gasteiger partial charge in [-0.25, -0.2) is 19.4 Å². The lowest BCUT2D eigenvalue weighted by Crippen LogP contribution is -2.07. The van der Waals surface area contributed by atoms with Gasteiger partial charge in [-0.3, -0.25) is 0 Å². The van der Waals surface area contributed by atoms with Crippen molar-refractivity contribution >= 4 is 5.97 Å². The number of nitrogens with zero attached hydrogens (tertiary/aromatic N) is 4. The highest BCUT2D eigenvalue weighted by atomic mass is 16.4. The SMILES string of the molecule is O=C(O)c1ccn(-c2cc(C3CC3)nc(C3CC3)n2)n1. The van der Waals surface area contributed by atoms with Crippen molar-refractivity contribution in [3.63, 3.8) is 0 Å². The van der Waals surface area contributed by atoms with Gasteiger partial charge in [0.05, 0.1) is 0 Å². The van der Waals surface area contributed by atoms with Gasteiger partial charge in [0.2, 0.25) is 0 Å². The van der Waals surface area contributed by atoms with Crippen molar-refractivity contribution in [1.29, 1.82) is 0 Å². The van der Waals surface area contributed by atoms with E-state index in [9.17, 15) is 4.79 Å². The Hall–Kier alpha value is -2.24. The highest BCUT2D eigenvalue weighted by Crippen LogP contribution is 2.42. The van der Waals surface area contributed by atoms with E-state index in [1.54, 1.807) is 6.20 Å². The topological polar surface area (TPSA) is 80.9 Å². The number of hydrogen-bond acceptors (Lipinski definition) is 4. The summed E-state index contributed by atoms with van der Waals surface area (Å²) in [6.07, 6.45) is 6.29. The molecule has 1 N–H and O–H groups in total. The molecule has 0 amide bonds. The van der Waals surface area contributed by atoms with Crippen LogP contribution in [0.2, 0.25) is 0 Å². The number of rotatable bonds is 4. The molecule has 0 bridgehead atoms. The number of aromatic nitrogens is 4. The molecule has 2 aliphatic rings. The molecule has 2 aromatic rings. The van der Waals surface area contributed by atoms with Crippen molar-refractivity contribution in [1.82, 2.24) is 19.7 Å². The van der Waals surface area contributed by atoms with E-state index in [1.807, 2.05) is 6.07 Å². The lowest BCUT2D eigenvalue weighted by atomic mass is 10.2. The monoisotopic (exact) mass is 270 g/mol. The minimum absolute atomic E-state index is 0.0320. The summed E-state index contributed by atoms with van der Waals surface area (Å²) in [5.74, 6) is 1.56. The first-order valence-electron chi connectivity index (χ1n) is 6.89. The summed E-state index contributed by atoms with van der Waals surface area (Å²) in [6, 6.07) is 3.42. The van der Waals surface area contributed by atoms with E-state index in [2.05, 4.69) is 15.1 Å². The number of carboxylic acid groups (broad SMARTS) is 1. The van der Waals surface area contributed by atoms with Gasteiger partial charge in [-0.1, -0.05) is 0 Å². The zero-order valence-electron chi connectivity index (χ0n) is 10.9. The first-order chi connectivity index (χ1) is 9.70. The molecule has 2 saturated carbocycles. The average Bonchev–Trinajstić information content (AvgIpc) is 3.34. The van der Waals surface area contributed by atoms with Gasteiger partial charge >= 0.3 is 5.97 Å². The summed E-state index contributed by atoms with van der Waals surface area (Å²) in [7, 11) is 0. The van der Waals surface area contributed by atoms with Crippen molar-refractivity contribution in [3.8, 4) is 5.82 Å². The van der Waals surface area contributed by atoms with Crippen LogP contribution in [-0.4, -0.2) is 30.8 Å². The fraction of sp³-hybridized carbons (Fsp3) is 0.429. The highest BCUT2D eigenvalue weighted by molar-refractivity contribution is 5.85. The molecule has 2 fully saturated rings. The van der Waals surface area contributed by atoms with Crippen LogP contribution in [-0.2, 0) is 0 Å². The zero-order valence-corrected chi connectivity index (χ0v) is 10.9. The molecule has 0 aliphatic heterocycles. The van der Waals surface area contributed by atoms with Crippen LogP contribution >= 0.6 is 0 Å². The van der Waals surface area contributed by atoms with Crippen LogP contribution in [0.4, 0.5) is 0 Å². The van der Waals surface area contributed by atoms with Crippen LogP contribution in [0.15, 0.2) is 18.3 Å². The summed E-state index contributed by atoms with van der Waals surface area (Å²) in [5, 5.41) is 13.0. The molecular weight excluding hydrogens is 256 g/mol. The van der Waals surface area contributed by atoms with E-state index in [0.717, 1.165) is 24.4 Å². The van der Waals surface area contributed by atoms with Crippen LogP contribution in [0, 0.1) is 0 Å². The lowest BCUT2D eigenvalue weighted by Gasteiger charge is -2.07. The number of carboxylic acids is 1. The fourth-order valence-corrected chi connectivity index (χ4v) is 2.27. The predicted octanol–water partition coefficient (Wildman–Crippen LogP) is 2.12. The van der Waals surface area contributed by atoms with Gasteiger partial charge in [0, 0.05) is 29.8 Å². The summed E-state index contributed by atoms with van der Waals surface area (Å²) >= 11 is 0.